The molecule has 3 nitrogen and oxygen atoms in total. The minimum absolute atomic E-state index is 0.0246. The average molecular weight is 387 g/mol. The van der Waals surface area contributed by atoms with Gasteiger partial charge in [0.1, 0.15) is 11.4 Å². The molecule has 0 bridgehead atoms. The van der Waals surface area contributed by atoms with Gasteiger partial charge in [0.25, 0.3) is 0 Å². The first-order chi connectivity index (χ1) is 13.3. The van der Waals surface area contributed by atoms with E-state index in [1.165, 1.54) is 44.9 Å². The quantitative estimate of drug-likeness (QED) is 0.652. The van der Waals surface area contributed by atoms with Gasteiger partial charge in [-0.05, 0) is 87.4 Å². The van der Waals surface area contributed by atoms with Gasteiger partial charge < -0.3 is 9.84 Å². The Morgan fingerprint density at radius 1 is 0.964 bits per heavy atom. The Morgan fingerprint density at radius 2 is 1.75 bits per heavy atom. The van der Waals surface area contributed by atoms with E-state index < -0.39 is 0 Å². The first-order valence-corrected chi connectivity index (χ1v) is 12.2. The number of carbonyl (C=O) groups is 1. The normalized spacial score (nSPS) is 62.0. The van der Waals surface area contributed by atoms with E-state index in [1.807, 2.05) is 6.92 Å². The molecule has 1 saturated heterocycles. The van der Waals surface area contributed by atoms with Crippen LogP contribution in [0.4, 0.5) is 0 Å². The van der Waals surface area contributed by atoms with E-state index in [2.05, 4.69) is 13.8 Å². The molecule has 1 aliphatic heterocycles. The second-order valence-corrected chi connectivity index (χ2v) is 12.1. The summed E-state index contributed by atoms with van der Waals surface area (Å²) in [6, 6.07) is 0. The molecule has 0 unspecified atom stereocenters. The van der Waals surface area contributed by atoms with Crippen molar-refractivity contribution in [1.29, 1.82) is 0 Å². The standard InChI is InChI=1S/C25H38O3/c1-15(26)24-9-5-4-6-16(24)12-20-18-13-21-25(28-21)14-17(27)7-10-23(25,3)19(18)8-11-22(20,24)2/h16-21,27H,4-14H2,1-3H3/t16-,17+,18+,19-,20-,21+,22-,23-,24-,25+/m1/s1. The number of aliphatic hydroxyl groups excluding tert-OH is 1. The minimum Gasteiger partial charge on any atom is -0.393 e. The summed E-state index contributed by atoms with van der Waals surface area (Å²) < 4.78 is 6.48. The molecule has 0 amide bonds. The molecule has 1 heterocycles. The number of hydrogen-bond donors (Lipinski definition) is 1. The van der Waals surface area contributed by atoms with Gasteiger partial charge in [0, 0.05) is 17.3 Å². The van der Waals surface area contributed by atoms with Gasteiger partial charge in [-0.25, -0.2) is 0 Å². The van der Waals surface area contributed by atoms with Crippen LogP contribution in [-0.2, 0) is 9.53 Å². The fourth-order valence-electron chi connectivity index (χ4n) is 10.5. The van der Waals surface area contributed by atoms with Crippen molar-refractivity contribution in [1.82, 2.24) is 0 Å². The Hall–Kier alpha value is -0.410. The molecule has 6 rings (SSSR count). The Morgan fingerprint density at radius 3 is 2.54 bits per heavy atom. The van der Waals surface area contributed by atoms with Crippen LogP contribution >= 0.6 is 0 Å². The van der Waals surface area contributed by atoms with Crippen molar-refractivity contribution in [3.63, 3.8) is 0 Å². The molecule has 6 fully saturated rings. The molecule has 1 spiro atoms. The van der Waals surface area contributed by atoms with Crippen molar-refractivity contribution in [3.8, 4) is 0 Å². The number of aliphatic hydroxyl groups is 1. The zero-order chi connectivity index (χ0) is 19.5. The van der Waals surface area contributed by atoms with Crippen molar-refractivity contribution in [2.45, 2.75) is 109 Å². The van der Waals surface area contributed by atoms with Crippen molar-refractivity contribution >= 4 is 5.78 Å². The molecule has 28 heavy (non-hydrogen) atoms. The van der Waals surface area contributed by atoms with Crippen LogP contribution in [0.1, 0.15) is 91.4 Å². The monoisotopic (exact) mass is 386 g/mol. The number of carbonyl (C=O) groups excluding carboxylic acids is 1. The van der Waals surface area contributed by atoms with Crippen LogP contribution in [0, 0.1) is 39.9 Å². The highest BCUT2D eigenvalue weighted by Crippen LogP contribution is 2.77. The highest BCUT2D eigenvalue weighted by Gasteiger charge is 2.77. The SMILES string of the molecule is CC(=O)[C@]12CCCC[C@@H]1C[C@@H]1[C@H]3C[C@@H]4O[C@@]45C[C@@H](O)CC[C@]5(C)[C@@H]3CC[C@]12C. The predicted octanol–water partition coefficient (Wildman–Crippen LogP) is 4.90. The van der Waals surface area contributed by atoms with E-state index in [0.717, 1.165) is 37.5 Å². The van der Waals surface area contributed by atoms with E-state index in [-0.39, 0.29) is 27.9 Å². The van der Waals surface area contributed by atoms with Crippen molar-refractivity contribution in [3.05, 3.63) is 0 Å². The van der Waals surface area contributed by atoms with Gasteiger partial charge in [-0.1, -0.05) is 26.7 Å². The van der Waals surface area contributed by atoms with E-state index >= 15 is 0 Å². The van der Waals surface area contributed by atoms with Crippen LogP contribution in [0.15, 0.2) is 0 Å². The molecule has 0 aromatic heterocycles. The lowest BCUT2D eigenvalue weighted by Gasteiger charge is -2.61. The lowest BCUT2D eigenvalue weighted by atomic mass is 9.42. The molecule has 156 valence electrons. The molecule has 0 aromatic carbocycles. The maximum absolute atomic E-state index is 13.2. The second-order valence-electron chi connectivity index (χ2n) is 12.1. The number of ether oxygens (including phenoxy) is 1. The van der Waals surface area contributed by atoms with Crippen molar-refractivity contribution < 1.29 is 14.6 Å². The third kappa shape index (κ3) is 1.84. The van der Waals surface area contributed by atoms with Crippen LogP contribution in [0.2, 0.25) is 0 Å². The number of hydrogen-bond acceptors (Lipinski definition) is 3. The van der Waals surface area contributed by atoms with Gasteiger partial charge in [-0.3, -0.25) is 4.79 Å². The molecule has 3 heteroatoms. The van der Waals surface area contributed by atoms with Crippen molar-refractivity contribution in [2.75, 3.05) is 0 Å². The van der Waals surface area contributed by atoms with Gasteiger partial charge in [-0.2, -0.15) is 0 Å². The summed E-state index contributed by atoms with van der Waals surface area (Å²) in [5.74, 6) is 3.27. The Balaban J connectivity index is 1.40. The lowest BCUT2D eigenvalue weighted by molar-refractivity contribution is -0.154. The van der Waals surface area contributed by atoms with E-state index in [9.17, 15) is 9.90 Å². The summed E-state index contributed by atoms with van der Waals surface area (Å²) >= 11 is 0. The first-order valence-electron chi connectivity index (χ1n) is 12.2. The van der Waals surface area contributed by atoms with Crippen LogP contribution in [-0.4, -0.2) is 28.7 Å². The zero-order valence-corrected chi connectivity index (χ0v) is 18.0. The van der Waals surface area contributed by atoms with Gasteiger partial charge in [0.2, 0.25) is 0 Å². The highest BCUT2D eigenvalue weighted by molar-refractivity contribution is 5.84. The van der Waals surface area contributed by atoms with Gasteiger partial charge in [0.05, 0.1) is 12.2 Å². The number of rotatable bonds is 1. The number of Topliss-reactive ketones (excluding diaryl/α,β-unsaturated/α-hetero) is 1. The van der Waals surface area contributed by atoms with Crippen LogP contribution in [0.5, 0.6) is 0 Å². The summed E-state index contributed by atoms with van der Waals surface area (Å²) in [4.78, 5) is 13.2. The Labute approximate surface area is 170 Å². The van der Waals surface area contributed by atoms with Crippen LogP contribution in [0.25, 0.3) is 0 Å². The first kappa shape index (κ1) is 18.4. The molecule has 0 aromatic rings. The van der Waals surface area contributed by atoms with E-state index in [1.54, 1.807) is 0 Å². The molecule has 0 radical (unpaired) electrons. The predicted molar refractivity (Wildman–Crippen MR) is 108 cm³/mol. The van der Waals surface area contributed by atoms with E-state index in [0.29, 0.717) is 23.7 Å². The minimum atomic E-state index is -0.168. The number of ketones is 1. The highest BCUT2D eigenvalue weighted by atomic mass is 16.6. The van der Waals surface area contributed by atoms with Gasteiger partial charge in [0.15, 0.2) is 0 Å². The lowest BCUT2D eigenvalue weighted by Crippen LogP contribution is -2.60. The molecule has 5 saturated carbocycles. The summed E-state index contributed by atoms with van der Waals surface area (Å²) in [5.41, 5.74) is 0.371. The summed E-state index contributed by atoms with van der Waals surface area (Å²) in [6.45, 7) is 6.93. The van der Waals surface area contributed by atoms with Gasteiger partial charge >= 0.3 is 0 Å². The second kappa shape index (κ2) is 5.44. The van der Waals surface area contributed by atoms with Crippen LogP contribution in [0.3, 0.4) is 0 Å². The largest absolute Gasteiger partial charge is 0.393 e. The van der Waals surface area contributed by atoms with Crippen molar-refractivity contribution in [2.24, 2.45) is 39.9 Å². The Bertz CT molecular complexity index is 719. The number of fused-ring (bicyclic) bond motifs is 6. The maximum atomic E-state index is 13.2. The third-order valence-corrected chi connectivity index (χ3v) is 11.7. The summed E-state index contributed by atoms with van der Waals surface area (Å²) in [6.07, 6.45) is 13.1. The molecule has 5 aliphatic carbocycles. The number of epoxide rings is 1. The van der Waals surface area contributed by atoms with Gasteiger partial charge in [-0.15, -0.1) is 0 Å². The molecule has 6 aliphatic rings. The fourth-order valence-corrected chi connectivity index (χ4v) is 10.5. The third-order valence-electron chi connectivity index (χ3n) is 11.7. The summed E-state index contributed by atoms with van der Waals surface area (Å²) in [5, 5.41) is 10.4. The smallest absolute Gasteiger partial charge is 0.136 e. The Kier molecular flexibility index (Phi) is 3.57. The molecule has 10 atom stereocenters. The maximum Gasteiger partial charge on any atom is 0.136 e. The fraction of sp³-hybridized carbons (Fsp3) is 0.960. The average Bonchev–Trinajstić information content (AvgIpc) is 3.27. The zero-order valence-electron chi connectivity index (χ0n) is 18.0. The molecular formula is C25H38O3. The van der Waals surface area contributed by atoms with Crippen LogP contribution < -0.4 is 0 Å². The topological polar surface area (TPSA) is 49.8 Å². The molecular weight excluding hydrogens is 348 g/mol. The van der Waals surface area contributed by atoms with E-state index in [4.69, 9.17) is 4.74 Å². The summed E-state index contributed by atoms with van der Waals surface area (Å²) in [7, 11) is 0. The molecule has 1 N–H and O–H groups in total.